The number of rotatable bonds is 6. The predicted octanol–water partition coefficient (Wildman–Crippen LogP) is 6.21. The molecule has 3 aromatic carbocycles. The van der Waals surface area contributed by atoms with Gasteiger partial charge in [0.2, 0.25) is 5.91 Å². The number of aryl methyl sites for hydroxylation is 1. The molecule has 200 valence electrons. The Morgan fingerprint density at radius 1 is 0.789 bits per heavy atom. The summed E-state index contributed by atoms with van der Waals surface area (Å²) >= 11 is 0. The third-order valence-electron chi connectivity index (χ3n) is 6.48. The lowest BCUT2D eigenvalue weighted by atomic mass is 9.99. The maximum Gasteiger partial charge on any atom is 0.416 e. The monoisotopic (exact) mass is 534 g/mol. The van der Waals surface area contributed by atoms with E-state index in [1.165, 1.54) is 21.9 Å². The quantitative estimate of drug-likeness (QED) is 0.353. The molecule has 1 atom stereocenters. The molecule has 1 heterocycles. The maximum atomic E-state index is 13.2. The maximum absolute atomic E-state index is 13.2. The topological polar surface area (TPSA) is 40.6 Å². The SMILES string of the molecule is O=C(c1ccc(C(F)(F)F)cc1)N1CC(=O)N(Cc2cccc(C(F)(F)F)c2)[C@@H](CCc2ccccc2)C1. The van der Waals surface area contributed by atoms with E-state index in [0.717, 1.165) is 42.0 Å². The summed E-state index contributed by atoms with van der Waals surface area (Å²) in [6, 6.07) is 17.4. The highest BCUT2D eigenvalue weighted by atomic mass is 19.4. The number of halogens is 6. The fourth-order valence-corrected chi connectivity index (χ4v) is 4.50. The Morgan fingerprint density at radius 3 is 2.05 bits per heavy atom. The third-order valence-corrected chi connectivity index (χ3v) is 6.48. The van der Waals surface area contributed by atoms with Crippen molar-refractivity contribution in [3.8, 4) is 0 Å². The number of carbonyl (C=O) groups excluding carboxylic acids is 2. The second-order valence-electron chi connectivity index (χ2n) is 9.16. The Balaban J connectivity index is 1.56. The van der Waals surface area contributed by atoms with Crippen molar-refractivity contribution in [2.45, 2.75) is 37.8 Å². The van der Waals surface area contributed by atoms with Crippen LogP contribution in [0.15, 0.2) is 78.9 Å². The zero-order valence-corrected chi connectivity index (χ0v) is 20.1. The summed E-state index contributed by atoms with van der Waals surface area (Å²) in [7, 11) is 0. The van der Waals surface area contributed by atoms with E-state index in [0.29, 0.717) is 18.4 Å². The highest BCUT2D eigenvalue weighted by Gasteiger charge is 2.36. The van der Waals surface area contributed by atoms with Gasteiger partial charge in [0.15, 0.2) is 0 Å². The first-order valence-corrected chi connectivity index (χ1v) is 11.9. The average Bonchev–Trinajstić information content (AvgIpc) is 2.88. The lowest BCUT2D eigenvalue weighted by Crippen LogP contribution is -2.57. The molecule has 3 aromatic rings. The van der Waals surface area contributed by atoms with Gasteiger partial charge in [-0.2, -0.15) is 26.3 Å². The van der Waals surface area contributed by atoms with Gasteiger partial charge in [-0.25, -0.2) is 0 Å². The molecule has 10 heteroatoms. The van der Waals surface area contributed by atoms with Gasteiger partial charge in [0.25, 0.3) is 5.91 Å². The smallest absolute Gasteiger partial charge is 0.332 e. The molecule has 1 saturated heterocycles. The Labute approximate surface area is 215 Å². The van der Waals surface area contributed by atoms with Gasteiger partial charge in [-0.05, 0) is 60.4 Å². The van der Waals surface area contributed by atoms with E-state index in [9.17, 15) is 35.9 Å². The second-order valence-corrected chi connectivity index (χ2v) is 9.16. The Morgan fingerprint density at radius 2 is 1.42 bits per heavy atom. The predicted molar refractivity (Wildman–Crippen MR) is 128 cm³/mol. The van der Waals surface area contributed by atoms with Crippen LogP contribution >= 0.6 is 0 Å². The van der Waals surface area contributed by atoms with Crippen molar-refractivity contribution in [3.05, 3.63) is 107 Å². The molecule has 0 aliphatic carbocycles. The molecule has 0 N–H and O–H groups in total. The molecule has 0 aromatic heterocycles. The summed E-state index contributed by atoms with van der Waals surface area (Å²) in [5.74, 6) is -1.04. The number of benzene rings is 3. The Bertz CT molecular complexity index is 1270. The van der Waals surface area contributed by atoms with E-state index in [-0.39, 0.29) is 25.2 Å². The molecular formula is C28H24F6N2O2. The highest BCUT2D eigenvalue weighted by molar-refractivity contribution is 5.97. The van der Waals surface area contributed by atoms with Crippen molar-refractivity contribution in [2.24, 2.45) is 0 Å². The van der Waals surface area contributed by atoms with Gasteiger partial charge in [0, 0.05) is 18.7 Å². The third kappa shape index (κ3) is 6.54. The van der Waals surface area contributed by atoms with E-state index in [1.807, 2.05) is 30.3 Å². The normalized spacial score (nSPS) is 16.6. The van der Waals surface area contributed by atoms with Gasteiger partial charge in [0.1, 0.15) is 6.54 Å². The number of alkyl halides is 6. The van der Waals surface area contributed by atoms with Gasteiger partial charge in [-0.3, -0.25) is 9.59 Å². The first kappa shape index (κ1) is 27.2. The van der Waals surface area contributed by atoms with Gasteiger partial charge in [0.05, 0.1) is 17.2 Å². The van der Waals surface area contributed by atoms with Crippen molar-refractivity contribution >= 4 is 11.8 Å². The first-order chi connectivity index (χ1) is 17.9. The molecule has 0 unspecified atom stereocenters. The van der Waals surface area contributed by atoms with Crippen LogP contribution in [0.3, 0.4) is 0 Å². The molecule has 1 aliphatic heterocycles. The standard InChI is InChI=1S/C28H24F6N2O2/c29-27(30,31)22-12-10-21(11-13-22)26(38)35-17-24(14-9-19-5-2-1-3-6-19)36(25(37)18-35)16-20-7-4-8-23(15-20)28(32,33)34/h1-8,10-13,15,24H,9,14,16-18H2/t24-/m0/s1. The van der Waals surface area contributed by atoms with Gasteiger partial charge in [-0.15, -0.1) is 0 Å². The molecule has 0 bridgehead atoms. The lowest BCUT2D eigenvalue weighted by molar-refractivity contribution is -0.139. The van der Waals surface area contributed by atoms with Gasteiger partial charge in [-0.1, -0.05) is 42.5 Å². The van der Waals surface area contributed by atoms with E-state index < -0.39 is 41.3 Å². The highest BCUT2D eigenvalue weighted by Crippen LogP contribution is 2.31. The summed E-state index contributed by atoms with van der Waals surface area (Å²) in [6.07, 6.45) is -8.08. The average molecular weight is 535 g/mol. The molecule has 4 nitrogen and oxygen atoms in total. The van der Waals surface area contributed by atoms with Crippen LogP contribution in [0.25, 0.3) is 0 Å². The van der Waals surface area contributed by atoms with E-state index in [4.69, 9.17) is 0 Å². The number of amides is 2. The van der Waals surface area contributed by atoms with Gasteiger partial charge < -0.3 is 9.80 Å². The molecule has 4 rings (SSSR count). The Hall–Kier alpha value is -3.82. The molecule has 0 saturated carbocycles. The fraction of sp³-hybridized carbons (Fsp3) is 0.286. The van der Waals surface area contributed by atoms with Crippen LogP contribution in [-0.4, -0.2) is 40.7 Å². The van der Waals surface area contributed by atoms with Crippen LogP contribution in [0.4, 0.5) is 26.3 Å². The number of nitrogens with zero attached hydrogens (tertiary/aromatic N) is 2. The minimum atomic E-state index is -4.55. The zero-order chi connectivity index (χ0) is 27.5. The number of hydrogen-bond donors (Lipinski definition) is 0. The summed E-state index contributed by atoms with van der Waals surface area (Å²) in [5.41, 5.74) is -0.402. The molecule has 1 aliphatic rings. The van der Waals surface area contributed by atoms with Crippen LogP contribution in [0, 0.1) is 0 Å². The summed E-state index contributed by atoms with van der Waals surface area (Å²) in [4.78, 5) is 29.1. The van der Waals surface area contributed by atoms with Crippen LogP contribution in [-0.2, 0) is 30.1 Å². The fourth-order valence-electron chi connectivity index (χ4n) is 4.50. The van der Waals surface area contributed by atoms with Crippen LogP contribution < -0.4 is 0 Å². The molecule has 0 radical (unpaired) electrons. The van der Waals surface area contributed by atoms with Crippen LogP contribution in [0.5, 0.6) is 0 Å². The van der Waals surface area contributed by atoms with Crippen LogP contribution in [0.2, 0.25) is 0 Å². The largest absolute Gasteiger partial charge is 0.416 e. The van der Waals surface area contributed by atoms with Crippen molar-refractivity contribution in [3.63, 3.8) is 0 Å². The van der Waals surface area contributed by atoms with Crippen molar-refractivity contribution in [1.82, 2.24) is 9.80 Å². The van der Waals surface area contributed by atoms with Gasteiger partial charge >= 0.3 is 12.4 Å². The number of piperazine rings is 1. The molecule has 38 heavy (non-hydrogen) atoms. The zero-order valence-electron chi connectivity index (χ0n) is 20.1. The number of carbonyl (C=O) groups is 2. The molecule has 1 fully saturated rings. The molecule has 2 amide bonds. The van der Waals surface area contributed by atoms with E-state index >= 15 is 0 Å². The molecule has 0 spiro atoms. The summed E-state index contributed by atoms with van der Waals surface area (Å²) in [5, 5.41) is 0. The van der Waals surface area contributed by atoms with E-state index in [1.54, 1.807) is 0 Å². The van der Waals surface area contributed by atoms with Crippen molar-refractivity contribution < 1.29 is 35.9 Å². The lowest BCUT2D eigenvalue weighted by Gasteiger charge is -2.41. The summed E-state index contributed by atoms with van der Waals surface area (Å²) < 4.78 is 78.4. The minimum absolute atomic E-state index is 0.0129. The number of hydrogen-bond acceptors (Lipinski definition) is 2. The molecular weight excluding hydrogens is 510 g/mol. The van der Waals surface area contributed by atoms with E-state index in [2.05, 4.69) is 0 Å². The van der Waals surface area contributed by atoms with Crippen molar-refractivity contribution in [2.75, 3.05) is 13.1 Å². The summed E-state index contributed by atoms with van der Waals surface area (Å²) in [6.45, 7) is -0.303. The van der Waals surface area contributed by atoms with Crippen molar-refractivity contribution in [1.29, 1.82) is 0 Å². The minimum Gasteiger partial charge on any atom is -0.332 e. The first-order valence-electron chi connectivity index (χ1n) is 11.9. The van der Waals surface area contributed by atoms with Crippen LogP contribution in [0.1, 0.15) is 39.0 Å². The Kier molecular flexibility index (Phi) is 7.80. The second kappa shape index (κ2) is 10.9.